The minimum Gasteiger partial charge on any atom is -0.297 e. The van der Waals surface area contributed by atoms with E-state index in [1.165, 1.54) is 0 Å². The Hall–Kier alpha value is -0.620. The smallest absolute Gasteiger partial charge is 0.297 e. The molecule has 0 spiro atoms. The average molecular weight is 292 g/mol. The molecule has 1 fully saturated rings. The van der Waals surface area contributed by atoms with Gasteiger partial charge in [0.25, 0.3) is 0 Å². The summed E-state index contributed by atoms with van der Waals surface area (Å²) in [6.07, 6.45) is -1.18. The van der Waals surface area contributed by atoms with Crippen molar-refractivity contribution in [2.45, 2.75) is 45.3 Å². The Morgan fingerprint density at radius 1 is 1.47 bits per heavy atom. The molecule has 0 aliphatic carbocycles. The first kappa shape index (κ1) is 14.8. The van der Waals surface area contributed by atoms with E-state index in [4.69, 9.17) is 0 Å². The summed E-state index contributed by atoms with van der Waals surface area (Å²) in [5, 5.41) is 3.06. The van der Waals surface area contributed by atoms with Gasteiger partial charge in [0.15, 0.2) is 0 Å². The van der Waals surface area contributed by atoms with Crippen molar-refractivity contribution in [2.24, 2.45) is 5.92 Å². The van der Waals surface area contributed by atoms with Gasteiger partial charge in [0.2, 0.25) is 0 Å². The highest BCUT2D eigenvalue weighted by molar-refractivity contribution is 7.09. The molecular weight excluding hydrogens is 273 g/mol. The number of rotatable bonds is 4. The molecular formula is C13H19F3N2S. The largest absolute Gasteiger partial charge is 0.393 e. The lowest BCUT2D eigenvalue weighted by atomic mass is 9.97. The quantitative estimate of drug-likeness (QED) is 0.837. The molecule has 2 heterocycles. The van der Waals surface area contributed by atoms with Crippen molar-refractivity contribution in [3.63, 3.8) is 0 Å². The predicted molar refractivity (Wildman–Crippen MR) is 70.2 cm³/mol. The fourth-order valence-electron chi connectivity index (χ4n) is 2.45. The molecule has 0 radical (unpaired) electrons. The fraction of sp³-hybridized carbons (Fsp3) is 0.769. The first-order valence-corrected chi connectivity index (χ1v) is 7.59. The zero-order chi connectivity index (χ0) is 13.9. The molecule has 0 saturated carbocycles. The molecule has 0 amide bonds. The number of hydrogen-bond donors (Lipinski definition) is 0. The van der Waals surface area contributed by atoms with E-state index in [0.29, 0.717) is 13.0 Å². The van der Waals surface area contributed by atoms with Crippen LogP contribution in [0.2, 0.25) is 0 Å². The third-order valence-corrected chi connectivity index (χ3v) is 4.37. The lowest BCUT2D eigenvalue weighted by Gasteiger charge is -2.33. The van der Waals surface area contributed by atoms with Gasteiger partial charge in [0, 0.05) is 18.5 Å². The van der Waals surface area contributed by atoms with Gasteiger partial charge in [-0.05, 0) is 32.2 Å². The fourth-order valence-corrected chi connectivity index (χ4v) is 3.34. The number of aryl methyl sites for hydroxylation is 1. The molecule has 0 N–H and O–H groups in total. The topological polar surface area (TPSA) is 16.1 Å². The van der Waals surface area contributed by atoms with Crippen molar-refractivity contribution in [3.05, 3.63) is 16.1 Å². The Morgan fingerprint density at radius 3 is 2.95 bits per heavy atom. The first-order chi connectivity index (χ1) is 8.99. The maximum Gasteiger partial charge on any atom is 0.393 e. The molecule has 0 aromatic carbocycles. The second kappa shape index (κ2) is 6.22. The Labute approximate surface area is 115 Å². The first-order valence-electron chi connectivity index (χ1n) is 6.71. The van der Waals surface area contributed by atoms with E-state index in [0.717, 1.165) is 30.1 Å². The third-order valence-electron chi connectivity index (χ3n) is 3.42. The van der Waals surface area contributed by atoms with Crippen LogP contribution >= 0.6 is 11.3 Å². The zero-order valence-electron chi connectivity index (χ0n) is 11.0. The van der Waals surface area contributed by atoms with E-state index in [1.807, 2.05) is 10.3 Å². The van der Waals surface area contributed by atoms with Crippen molar-refractivity contribution in [1.82, 2.24) is 9.88 Å². The molecule has 6 heteroatoms. The van der Waals surface area contributed by atoms with E-state index in [-0.39, 0.29) is 13.0 Å². The summed E-state index contributed by atoms with van der Waals surface area (Å²) in [5.41, 5.74) is 0.913. The molecule has 0 unspecified atom stereocenters. The monoisotopic (exact) mass is 292 g/mol. The Bertz CT molecular complexity index is 403. The van der Waals surface area contributed by atoms with Crippen LogP contribution < -0.4 is 0 Å². The molecule has 2 rings (SSSR count). The van der Waals surface area contributed by atoms with E-state index >= 15 is 0 Å². The highest BCUT2D eigenvalue weighted by Crippen LogP contribution is 2.33. The van der Waals surface area contributed by atoms with Crippen LogP contribution in [0.5, 0.6) is 0 Å². The summed E-state index contributed by atoms with van der Waals surface area (Å²) >= 11 is 1.61. The molecule has 1 aliphatic heterocycles. The third kappa shape index (κ3) is 4.18. The summed E-state index contributed by atoms with van der Waals surface area (Å²) in [5.74, 6) is -1.17. The standard InChI is InChI=1S/C13H19F3N2S/c1-2-4-12-17-11(9-19-12)8-18-6-3-5-10(7-18)13(14,15)16/h9-10H,2-8H2,1H3/t10-/m1/s1. The van der Waals surface area contributed by atoms with E-state index in [9.17, 15) is 13.2 Å². The Balaban J connectivity index is 1.91. The van der Waals surface area contributed by atoms with Gasteiger partial charge >= 0.3 is 6.18 Å². The molecule has 108 valence electrons. The minimum absolute atomic E-state index is 0.115. The van der Waals surface area contributed by atoms with Crippen molar-refractivity contribution in [3.8, 4) is 0 Å². The summed E-state index contributed by atoms with van der Waals surface area (Å²) in [6, 6.07) is 0. The molecule has 1 aliphatic rings. The van der Waals surface area contributed by atoms with Gasteiger partial charge in [-0.3, -0.25) is 4.90 Å². The molecule has 2 nitrogen and oxygen atoms in total. The van der Waals surface area contributed by atoms with Crippen LogP contribution in [-0.4, -0.2) is 29.1 Å². The van der Waals surface area contributed by atoms with Gasteiger partial charge in [-0.15, -0.1) is 11.3 Å². The number of halogens is 3. The van der Waals surface area contributed by atoms with Crippen LogP contribution in [0.15, 0.2) is 5.38 Å². The minimum atomic E-state index is -4.06. The predicted octanol–water partition coefficient (Wildman–Crippen LogP) is 3.87. The summed E-state index contributed by atoms with van der Waals surface area (Å²) < 4.78 is 38.2. The lowest BCUT2D eigenvalue weighted by Crippen LogP contribution is -2.41. The average Bonchev–Trinajstić information content (AvgIpc) is 2.76. The SMILES string of the molecule is CCCc1nc(CN2CCC[C@@H](C(F)(F)F)C2)cs1. The number of likely N-dealkylation sites (tertiary alicyclic amines) is 1. The number of hydrogen-bond acceptors (Lipinski definition) is 3. The second-order valence-electron chi connectivity index (χ2n) is 5.10. The van der Waals surface area contributed by atoms with Crippen LogP contribution in [0, 0.1) is 5.92 Å². The van der Waals surface area contributed by atoms with Gasteiger partial charge in [-0.25, -0.2) is 4.98 Å². The molecule has 1 saturated heterocycles. The maximum atomic E-state index is 12.7. The van der Waals surface area contributed by atoms with Crippen molar-refractivity contribution < 1.29 is 13.2 Å². The zero-order valence-corrected chi connectivity index (χ0v) is 11.9. The van der Waals surface area contributed by atoms with Crippen LogP contribution in [0.25, 0.3) is 0 Å². The summed E-state index contributed by atoms with van der Waals surface area (Å²) in [7, 11) is 0. The normalized spacial score (nSPS) is 21.8. The molecule has 19 heavy (non-hydrogen) atoms. The van der Waals surface area contributed by atoms with Gasteiger partial charge in [-0.2, -0.15) is 13.2 Å². The number of nitrogens with zero attached hydrogens (tertiary/aromatic N) is 2. The second-order valence-corrected chi connectivity index (χ2v) is 6.04. The van der Waals surface area contributed by atoms with E-state index < -0.39 is 12.1 Å². The number of piperidine rings is 1. The van der Waals surface area contributed by atoms with Crippen molar-refractivity contribution >= 4 is 11.3 Å². The number of thiazole rings is 1. The number of aromatic nitrogens is 1. The van der Waals surface area contributed by atoms with Gasteiger partial charge in [0.05, 0.1) is 16.6 Å². The van der Waals surface area contributed by atoms with Crippen LogP contribution in [0.1, 0.15) is 36.9 Å². The number of alkyl halides is 3. The highest BCUT2D eigenvalue weighted by atomic mass is 32.1. The van der Waals surface area contributed by atoms with Crippen molar-refractivity contribution in [1.29, 1.82) is 0 Å². The lowest BCUT2D eigenvalue weighted by molar-refractivity contribution is -0.187. The van der Waals surface area contributed by atoms with Gasteiger partial charge in [-0.1, -0.05) is 6.92 Å². The van der Waals surface area contributed by atoms with E-state index in [2.05, 4.69) is 11.9 Å². The molecule has 0 bridgehead atoms. The summed E-state index contributed by atoms with van der Waals surface area (Å²) in [4.78, 5) is 6.36. The maximum absolute atomic E-state index is 12.7. The van der Waals surface area contributed by atoms with Gasteiger partial charge in [0.1, 0.15) is 0 Å². The highest BCUT2D eigenvalue weighted by Gasteiger charge is 2.41. The van der Waals surface area contributed by atoms with E-state index in [1.54, 1.807) is 11.3 Å². The summed E-state index contributed by atoms with van der Waals surface area (Å²) in [6.45, 7) is 3.50. The van der Waals surface area contributed by atoms with Crippen LogP contribution in [0.3, 0.4) is 0 Å². The van der Waals surface area contributed by atoms with Crippen molar-refractivity contribution in [2.75, 3.05) is 13.1 Å². The van der Waals surface area contributed by atoms with Gasteiger partial charge < -0.3 is 0 Å². The van der Waals surface area contributed by atoms with Crippen LogP contribution in [0.4, 0.5) is 13.2 Å². The molecule has 1 atom stereocenters. The molecule has 1 aromatic rings. The Kier molecular flexibility index (Phi) is 4.84. The molecule has 1 aromatic heterocycles. The Morgan fingerprint density at radius 2 is 2.26 bits per heavy atom. The van der Waals surface area contributed by atoms with Crippen LogP contribution in [-0.2, 0) is 13.0 Å².